The molecular weight excluding hydrogens is 326 g/mol. The summed E-state index contributed by atoms with van der Waals surface area (Å²) in [7, 11) is 0. The van der Waals surface area contributed by atoms with Gasteiger partial charge in [-0.05, 0) is 66.8 Å². The fourth-order valence-electron chi connectivity index (χ4n) is 3.03. The second-order valence-electron chi connectivity index (χ2n) is 7.57. The van der Waals surface area contributed by atoms with Crippen molar-refractivity contribution in [2.45, 2.75) is 39.5 Å². The van der Waals surface area contributed by atoms with E-state index in [-0.39, 0.29) is 5.78 Å². The first-order chi connectivity index (χ1) is 11.8. The van der Waals surface area contributed by atoms with Crippen molar-refractivity contribution in [2.75, 3.05) is 18.0 Å². The van der Waals surface area contributed by atoms with E-state index < -0.39 is 0 Å². The Morgan fingerprint density at radius 3 is 2.00 bits per heavy atom. The third-order valence-electron chi connectivity index (χ3n) is 4.12. The van der Waals surface area contributed by atoms with Crippen LogP contribution in [0.2, 0.25) is 0 Å². The molecule has 0 amide bonds. The molecule has 0 unspecified atom stereocenters. The van der Waals surface area contributed by atoms with Gasteiger partial charge in [0.1, 0.15) is 0 Å². The average Bonchev–Trinajstić information content (AvgIpc) is 2.53. The minimum Gasteiger partial charge on any atom is -0.371 e. The molecule has 0 radical (unpaired) electrons. The predicted octanol–water partition coefficient (Wildman–Crippen LogP) is 5.63. The number of carbonyl (C=O) groups is 1. The summed E-state index contributed by atoms with van der Waals surface area (Å²) >= 11 is 4.28. The summed E-state index contributed by atoms with van der Waals surface area (Å²) in [5, 5.41) is 0. The van der Waals surface area contributed by atoms with Crippen LogP contribution in [0.1, 0.15) is 49.2 Å². The van der Waals surface area contributed by atoms with Crippen molar-refractivity contribution in [3.63, 3.8) is 0 Å². The molecule has 0 heterocycles. The minimum absolute atomic E-state index is 0.0663. The van der Waals surface area contributed by atoms with E-state index in [1.807, 2.05) is 37.3 Å². The van der Waals surface area contributed by atoms with E-state index in [0.29, 0.717) is 17.4 Å². The summed E-state index contributed by atoms with van der Waals surface area (Å²) in [4.78, 5) is 16.1. The molecule has 0 N–H and O–H groups in total. The first-order valence-electron chi connectivity index (χ1n) is 8.97. The molecule has 134 valence electrons. The van der Waals surface area contributed by atoms with Crippen LogP contribution in [0.4, 0.5) is 5.69 Å². The van der Waals surface area contributed by atoms with E-state index in [1.165, 1.54) is 5.69 Å². The molecule has 0 aromatic heterocycles. The molecule has 2 aromatic rings. The highest BCUT2D eigenvalue weighted by molar-refractivity contribution is 7.80. The third kappa shape index (κ3) is 5.37. The van der Waals surface area contributed by atoms with Gasteiger partial charge in [-0.1, -0.05) is 27.7 Å². The van der Waals surface area contributed by atoms with Crippen molar-refractivity contribution in [3.8, 4) is 0 Å². The van der Waals surface area contributed by atoms with Crippen LogP contribution in [0.5, 0.6) is 0 Å². The predicted molar refractivity (Wildman–Crippen MR) is 110 cm³/mol. The van der Waals surface area contributed by atoms with Crippen LogP contribution in [0.15, 0.2) is 47.4 Å². The van der Waals surface area contributed by atoms with Gasteiger partial charge in [0, 0.05) is 34.8 Å². The van der Waals surface area contributed by atoms with Crippen LogP contribution in [0, 0.1) is 18.8 Å². The fourth-order valence-corrected chi connectivity index (χ4v) is 3.18. The smallest absolute Gasteiger partial charge is 0.193 e. The SMILES string of the molecule is Cc1cc(N(CC(C)C)CC(C)C)ccc1C(=O)c1ccc(S)cc1. The first kappa shape index (κ1) is 19.6. The Hall–Kier alpha value is -1.74. The molecule has 0 fully saturated rings. The second-order valence-corrected chi connectivity index (χ2v) is 8.08. The normalized spacial score (nSPS) is 11.2. The van der Waals surface area contributed by atoms with E-state index >= 15 is 0 Å². The van der Waals surface area contributed by atoms with Crippen molar-refractivity contribution in [3.05, 3.63) is 59.2 Å². The molecule has 0 bridgehead atoms. The van der Waals surface area contributed by atoms with Crippen LogP contribution in [0.3, 0.4) is 0 Å². The van der Waals surface area contributed by atoms with Crippen molar-refractivity contribution >= 4 is 24.1 Å². The molecule has 2 aromatic carbocycles. The van der Waals surface area contributed by atoms with E-state index in [4.69, 9.17) is 0 Å². The maximum Gasteiger partial charge on any atom is 0.193 e. The number of thiol groups is 1. The van der Waals surface area contributed by atoms with Gasteiger partial charge < -0.3 is 4.90 Å². The Bertz CT molecular complexity index is 709. The molecule has 0 aliphatic carbocycles. The highest BCUT2D eigenvalue weighted by Gasteiger charge is 2.15. The Morgan fingerprint density at radius 1 is 0.960 bits per heavy atom. The summed E-state index contributed by atoms with van der Waals surface area (Å²) in [6.07, 6.45) is 0. The van der Waals surface area contributed by atoms with E-state index in [1.54, 1.807) is 0 Å². The number of nitrogens with zero attached hydrogens (tertiary/aromatic N) is 1. The first-order valence-corrected chi connectivity index (χ1v) is 9.42. The fraction of sp³-hybridized carbons (Fsp3) is 0.409. The maximum absolute atomic E-state index is 12.8. The van der Waals surface area contributed by atoms with Crippen molar-refractivity contribution in [1.82, 2.24) is 0 Å². The number of benzene rings is 2. The zero-order valence-electron chi connectivity index (χ0n) is 15.9. The van der Waals surface area contributed by atoms with Crippen LogP contribution in [-0.2, 0) is 0 Å². The van der Waals surface area contributed by atoms with Gasteiger partial charge in [-0.15, -0.1) is 12.6 Å². The lowest BCUT2D eigenvalue weighted by atomic mass is 9.98. The average molecular weight is 356 g/mol. The number of hydrogen-bond donors (Lipinski definition) is 1. The molecule has 2 rings (SSSR count). The molecule has 0 spiro atoms. The molecule has 3 heteroatoms. The van der Waals surface area contributed by atoms with Crippen LogP contribution < -0.4 is 4.90 Å². The zero-order valence-corrected chi connectivity index (χ0v) is 16.8. The van der Waals surface area contributed by atoms with Crippen molar-refractivity contribution < 1.29 is 4.79 Å². The van der Waals surface area contributed by atoms with Gasteiger partial charge in [-0.25, -0.2) is 0 Å². The summed E-state index contributed by atoms with van der Waals surface area (Å²) in [6.45, 7) is 13.0. The Labute approximate surface area is 157 Å². The monoisotopic (exact) mass is 355 g/mol. The van der Waals surface area contributed by atoms with E-state index in [2.05, 4.69) is 57.4 Å². The topological polar surface area (TPSA) is 20.3 Å². The molecule has 0 atom stereocenters. The highest BCUT2D eigenvalue weighted by Crippen LogP contribution is 2.23. The van der Waals surface area contributed by atoms with Gasteiger partial charge in [0.15, 0.2) is 5.78 Å². The van der Waals surface area contributed by atoms with Crippen molar-refractivity contribution in [1.29, 1.82) is 0 Å². The summed E-state index contributed by atoms with van der Waals surface area (Å²) in [5.74, 6) is 1.26. The van der Waals surface area contributed by atoms with Gasteiger partial charge in [-0.3, -0.25) is 4.79 Å². The van der Waals surface area contributed by atoms with Crippen LogP contribution >= 0.6 is 12.6 Å². The molecule has 0 aliphatic rings. The van der Waals surface area contributed by atoms with Gasteiger partial charge in [0.05, 0.1) is 0 Å². The molecule has 0 aliphatic heterocycles. The number of anilines is 1. The third-order valence-corrected chi connectivity index (χ3v) is 4.42. The van der Waals surface area contributed by atoms with Crippen LogP contribution in [0.25, 0.3) is 0 Å². The maximum atomic E-state index is 12.8. The molecule has 2 nitrogen and oxygen atoms in total. The van der Waals surface area contributed by atoms with E-state index in [0.717, 1.165) is 29.1 Å². The highest BCUT2D eigenvalue weighted by atomic mass is 32.1. The lowest BCUT2D eigenvalue weighted by Crippen LogP contribution is -2.31. The number of rotatable bonds is 7. The Kier molecular flexibility index (Phi) is 6.71. The van der Waals surface area contributed by atoms with Gasteiger partial charge in [0.25, 0.3) is 0 Å². The second kappa shape index (κ2) is 8.57. The van der Waals surface area contributed by atoms with Gasteiger partial charge in [-0.2, -0.15) is 0 Å². The van der Waals surface area contributed by atoms with Crippen LogP contribution in [-0.4, -0.2) is 18.9 Å². The summed E-state index contributed by atoms with van der Waals surface area (Å²) in [5.41, 5.74) is 3.69. The van der Waals surface area contributed by atoms with Crippen molar-refractivity contribution in [2.24, 2.45) is 11.8 Å². The lowest BCUT2D eigenvalue weighted by molar-refractivity contribution is 0.103. The number of aryl methyl sites for hydroxylation is 1. The molecular formula is C22H29NOS. The standard InChI is InChI=1S/C22H29NOS/c1-15(2)13-23(14-16(3)4)19-8-11-21(17(5)12-19)22(24)18-6-9-20(25)10-7-18/h6-12,15-16,25H,13-14H2,1-5H3. The Morgan fingerprint density at radius 2 is 1.52 bits per heavy atom. The largest absolute Gasteiger partial charge is 0.371 e. The van der Waals surface area contributed by atoms with Gasteiger partial charge >= 0.3 is 0 Å². The number of carbonyl (C=O) groups excluding carboxylic acids is 1. The zero-order chi connectivity index (χ0) is 18.6. The molecule has 0 saturated heterocycles. The number of hydrogen-bond acceptors (Lipinski definition) is 3. The molecule has 25 heavy (non-hydrogen) atoms. The van der Waals surface area contributed by atoms with E-state index in [9.17, 15) is 4.79 Å². The summed E-state index contributed by atoms with van der Waals surface area (Å²) in [6, 6.07) is 13.6. The molecule has 0 saturated carbocycles. The number of ketones is 1. The Balaban J connectivity index is 2.29. The van der Waals surface area contributed by atoms with Gasteiger partial charge in [0.2, 0.25) is 0 Å². The lowest BCUT2D eigenvalue weighted by Gasteiger charge is -2.29. The quantitative estimate of drug-likeness (QED) is 0.513. The minimum atomic E-state index is 0.0663. The summed E-state index contributed by atoms with van der Waals surface area (Å²) < 4.78 is 0.